The molecular formula is C21H24FN3O4S. The van der Waals surface area contributed by atoms with Crippen LogP contribution in [0.2, 0.25) is 0 Å². The summed E-state index contributed by atoms with van der Waals surface area (Å²) in [6.07, 6.45) is 1.44. The number of carbonyl (C=O) groups is 2. The molecule has 3 rings (SSSR count). The van der Waals surface area contributed by atoms with Gasteiger partial charge in [0.25, 0.3) is 11.8 Å². The van der Waals surface area contributed by atoms with Crippen LogP contribution >= 0.6 is 0 Å². The van der Waals surface area contributed by atoms with Gasteiger partial charge in [-0.25, -0.2) is 12.8 Å². The molecule has 1 aliphatic rings. The fourth-order valence-electron chi connectivity index (χ4n) is 3.23. The number of hydrogen-bond acceptors (Lipinski definition) is 4. The second kappa shape index (κ2) is 8.93. The van der Waals surface area contributed by atoms with Gasteiger partial charge < -0.3 is 10.6 Å². The van der Waals surface area contributed by atoms with Crippen LogP contribution in [0.15, 0.2) is 47.4 Å². The van der Waals surface area contributed by atoms with Crippen LogP contribution in [0, 0.1) is 5.82 Å². The van der Waals surface area contributed by atoms with Crippen molar-refractivity contribution in [3.05, 3.63) is 59.4 Å². The summed E-state index contributed by atoms with van der Waals surface area (Å²) in [5, 5.41) is 5.37. The predicted octanol–water partition coefficient (Wildman–Crippen LogP) is 3.00. The van der Waals surface area contributed by atoms with E-state index >= 15 is 0 Å². The summed E-state index contributed by atoms with van der Waals surface area (Å²) in [4.78, 5) is 24.6. The van der Waals surface area contributed by atoms with Gasteiger partial charge in [-0.2, -0.15) is 4.31 Å². The third-order valence-corrected chi connectivity index (χ3v) is 6.63. The number of nitrogens with zero attached hydrogens (tertiary/aromatic N) is 1. The average molecular weight is 434 g/mol. The lowest BCUT2D eigenvalue weighted by Gasteiger charge is -2.17. The van der Waals surface area contributed by atoms with Gasteiger partial charge in [0, 0.05) is 24.7 Å². The van der Waals surface area contributed by atoms with Crippen LogP contribution in [0.25, 0.3) is 0 Å². The highest BCUT2D eigenvalue weighted by Crippen LogP contribution is 2.25. The maximum atomic E-state index is 14.3. The Morgan fingerprint density at radius 3 is 2.37 bits per heavy atom. The third kappa shape index (κ3) is 4.68. The van der Waals surface area contributed by atoms with Crippen molar-refractivity contribution in [3.63, 3.8) is 0 Å². The monoisotopic (exact) mass is 433 g/mol. The molecule has 0 saturated carbocycles. The fourth-order valence-corrected chi connectivity index (χ4v) is 4.84. The normalized spacial score (nSPS) is 14.7. The molecule has 1 fully saturated rings. The third-order valence-electron chi connectivity index (χ3n) is 4.72. The lowest BCUT2D eigenvalue weighted by molar-refractivity contribution is 0.0944. The van der Waals surface area contributed by atoms with Gasteiger partial charge >= 0.3 is 0 Å². The summed E-state index contributed by atoms with van der Waals surface area (Å²) in [6, 6.07) is 9.60. The Bertz CT molecular complexity index is 1060. The minimum Gasteiger partial charge on any atom is -0.350 e. The van der Waals surface area contributed by atoms with E-state index in [-0.39, 0.29) is 28.8 Å². The van der Waals surface area contributed by atoms with Crippen LogP contribution < -0.4 is 10.6 Å². The van der Waals surface area contributed by atoms with Crippen LogP contribution in [-0.2, 0) is 10.0 Å². The minimum absolute atomic E-state index is 0.0201. The van der Waals surface area contributed by atoms with Crippen molar-refractivity contribution in [2.24, 2.45) is 0 Å². The molecule has 7 nitrogen and oxygen atoms in total. The maximum absolute atomic E-state index is 14.3. The molecule has 0 spiro atoms. The van der Waals surface area contributed by atoms with Crippen LogP contribution in [-0.4, -0.2) is 43.7 Å². The number of carbonyl (C=O) groups excluding carboxylic acids is 2. The first-order chi connectivity index (χ1) is 14.2. The van der Waals surface area contributed by atoms with Gasteiger partial charge in [0.1, 0.15) is 10.7 Å². The Balaban J connectivity index is 1.88. The molecular weight excluding hydrogens is 409 g/mol. The largest absolute Gasteiger partial charge is 0.350 e. The molecule has 0 aromatic heterocycles. The van der Waals surface area contributed by atoms with E-state index in [2.05, 4.69) is 10.6 Å². The van der Waals surface area contributed by atoms with Crippen molar-refractivity contribution < 1.29 is 22.4 Å². The molecule has 2 aromatic carbocycles. The number of sulfonamides is 1. The van der Waals surface area contributed by atoms with E-state index < -0.39 is 26.6 Å². The molecule has 2 N–H and O–H groups in total. The number of rotatable bonds is 6. The second-order valence-corrected chi connectivity index (χ2v) is 9.29. The SMILES string of the molecule is CC(C)NC(=O)c1ccccc1NC(=O)c1ccc(F)c(S(=O)(=O)N2CCCC2)c1. The van der Waals surface area contributed by atoms with Crippen LogP contribution in [0.3, 0.4) is 0 Å². The van der Waals surface area contributed by atoms with Gasteiger partial charge in [-0.15, -0.1) is 0 Å². The van der Waals surface area contributed by atoms with Crippen molar-refractivity contribution in [1.29, 1.82) is 0 Å². The Morgan fingerprint density at radius 2 is 1.70 bits per heavy atom. The van der Waals surface area contributed by atoms with Crippen molar-refractivity contribution in [2.75, 3.05) is 18.4 Å². The van der Waals surface area contributed by atoms with Gasteiger partial charge in [-0.05, 0) is 57.0 Å². The average Bonchev–Trinajstić information content (AvgIpc) is 3.23. The van der Waals surface area contributed by atoms with Gasteiger partial charge in [-0.3, -0.25) is 9.59 Å². The highest BCUT2D eigenvalue weighted by atomic mass is 32.2. The van der Waals surface area contributed by atoms with E-state index in [0.29, 0.717) is 13.1 Å². The number of amides is 2. The Labute approximate surface area is 175 Å². The highest BCUT2D eigenvalue weighted by molar-refractivity contribution is 7.89. The number of halogens is 1. The Hall–Kier alpha value is -2.78. The first kappa shape index (κ1) is 21.9. The van der Waals surface area contributed by atoms with Crippen LogP contribution in [0.4, 0.5) is 10.1 Å². The molecule has 1 saturated heterocycles. The fraction of sp³-hybridized carbons (Fsp3) is 0.333. The molecule has 0 bridgehead atoms. The predicted molar refractivity (Wildman–Crippen MR) is 111 cm³/mol. The molecule has 2 aromatic rings. The summed E-state index contributed by atoms with van der Waals surface area (Å²) in [7, 11) is -4.02. The lowest BCUT2D eigenvalue weighted by Crippen LogP contribution is -2.31. The van der Waals surface area contributed by atoms with Gasteiger partial charge in [0.2, 0.25) is 10.0 Å². The van der Waals surface area contributed by atoms with Gasteiger partial charge in [0.05, 0.1) is 11.3 Å². The molecule has 0 radical (unpaired) electrons. The van der Waals surface area contributed by atoms with E-state index in [1.54, 1.807) is 24.3 Å². The molecule has 0 atom stereocenters. The van der Waals surface area contributed by atoms with E-state index in [1.807, 2.05) is 13.8 Å². The topological polar surface area (TPSA) is 95.6 Å². The maximum Gasteiger partial charge on any atom is 0.255 e. The highest BCUT2D eigenvalue weighted by Gasteiger charge is 2.30. The van der Waals surface area contributed by atoms with Crippen LogP contribution in [0.5, 0.6) is 0 Å². The first-order valence-corrected chi connectivity index (χ1v) is 11.1. The first-order valence-electron chi connectivity index (χ1n) is 9.71. The summed E-state index contributed by atoms with van der Waals surface area (Å²) in [6.45, 7) is 4.30. The quantitative estimate of drug-likeness (QED) is 0.732. The zero-order valence-electron chi connectivity index (χ0n) is 16.8. The van der Waals surface area contributed by atoms with Gasteiger partial charge in [-0.1, -0.05) is 12.1 Å². The summed E-state index contributed by atoms with van der Waals surface area (Å²) < 4.78 is 41.0. The van der Waals surface area contributed by atoms with E-state index in [4.69, 9.17) is 0 Å². The molecule has 30 heavy (non-hydrogen) atoms. The number of hydrogen-bond donors (Lipinski definition) is 2. The van der Waals surface area contributed by atoms with E-state index in [9.17, 15) is 22.4 Å². The molecule has 2 amide bonds. The number of para-hydroxylation sites is 1. The Morgan fingerprint density at radius 1 is 1.03 bits per heavy atom. The summed E-state index contributed by atoms with van der Waals surface area (Å²) >= 11 is 0. The van der Waals surface area contributed by atoms with E-state index in [0.717, 1.165) is 25.0 Å². The van der Waals surface area contributed by atoms with Crippen molar-refractivity contribution in [1.82, 2.24) is 9.62 Å². The van der Waals surface area contributed by atoms with Crippen molar-refractivity contribution >= 4 is 27.5 Å². The van der Waals surface area contributed by atoms with Crippen LogP contribution in [0.1, 0.15) is 47.4 Å². The number of benzene rings is 2. The summed E-state index contributed by atoms with van der Waals surface area (Å²) in [5.74, 6) is -1.90. The van der Waals surface area contributed by atoms with Gasteiger partial charge in [0.15, 0.2) is 0 Å². The lowest BCUT2D eigenvalue weighted by atomic mass is 10.1. The molecule has 1 aliphatic heterocycles. The summed E-state index contributed by atoms with van der Waals surface area (Å²) in [5.41, 5.74) is 0.522. The smallest absolute Gasteiger partial charge is 0.255 e. The standard InChI is InChI=1S/C21H24FN3O4S/c1-14(2)23-21(27)16-7-3-4-8-18(16)24-20(26)15-9-10-17(22)19(13-15)30(28,29)25-11-5-6-12-25/h3-4,7-10,13-14H,5-6,11-12H2,1-2H3,(H,23,27)(H,24,26). The zero-order chi connectivity index (χ0) is 21.9. The zero-order valence-corrected chi connectivity index (χ0v) is 17.6. The second-order valence-electron chi connectivity index (χ2n) is 7.38. The number of nitrogens with one attached hydrogen (secondary N) is 2. The van der Waals surface area contributed by atoms with Crippen molar-refractivity contribution in [3.8, 4) is 0 Å². The minimum atomic E-state index is -4.02. The molecule has 160 valence electrons. The number of anilines is 1. The molecule has 0 aliphatic carbocycles. The Kier molecular flexibility index (Phi) is 6.52. The molecule has 0 unspecified atom stereocenters. The van der Waals surface area contributed by atoms with Crippen molar-refractivity contribution in [2.45, 2.75) is 37.6 Å². The molecule has 9 heteroatoms. The molecule has 1 heterocycles. The van der Waals surface area contributed by atoms with E-state index in [1.165, 1.54) is 10.4 Å².